The third kappa shape index (κ3) is 7.78. The average Bonchev–Trinajstić information content (AvgIpc) is 2.97. The Morgan fingerprint density at radius 1 is 0.400 bits per heavy atom. The molecule has 15 heteroatoms. The molecule has 0 N–H and O–H groups in total. The summed E-state index contributed by atoms with van der Waals surface area (Å²) >= 11 is 0. The van der Waals surface area contributed by atoms with Crippen LogP contribution in [-0.4, -0.2) is 56.2 Å². The van der Waals surface area contributed by atoms with Crippen LogP contribution in [0.25, 0.3) is 0 Å². The molecule has 1 heterocycles. The molecule has 0 saturated heterocycles. The molecule has 240 valence electrons. The van der Waals surface area contributed by atoms with Crippen LogP contribution >= 0.6 is 0 Å². The summed E-state index contributed by atoms with van der Waals surface area (Å²) in [5.74, 6) is -2.06. The second-order valence-electron chi connectivity index (χ2n) is 10.7. The predicted octanol–water partition coefficient (Wildman–Crippen LogP) is 1.52. The number of benzene rings is 3. The van der Waals surface area contributed by atoms with Crippen LogP contribution in [0.5, 0.6) is 0 Å². The summed E-state index contributed by atoms with van der Waals surface area (Å²) in [5, 5.41) is 0. The summed E-state index contributed by atoms with van der Waals surface area (Å²) in [7, 11) is -11.9. The Morgan fingerprint density at radius 2 is 0.600 bits per heavy atom. The molecule has 3 aromatic carbocycles. The Morgan fingerprint density at radius 3 is 0.800 bits per heavy atom. The number of sulfone groups is 3. The largest absolute Gasteiger partial charge is 0.336 e. The molecule has 4 rings (SSSR count). The lowest BCUT2D eigenvalue weighted by molar-refractivity contribution is 0.468. The molecule has 0 fully saturated rings. The Hall–Kier alpha value is -4.08. The first-order valence-electron chi connectivity index (χ1n) is 13.8. The molecular formula is C30H33N3O9S3. The van der Waals surface area contributed by atoms with Crippen LogP contribution in [0.2, 0.25) is 0 Å². The zero-order chi connectivity index (χ0) is 33.2. The van der Waals surface area contributed by atoms with Gasteiger partial charge in [0, 0.05) is 19.6 Å². The number of aromatic nitrogens is 3. The van der Waals surface area contributed by atoms with Gasteiger partial charge < -0.3 is 0 Å². The molecule has 45 heavy (non-hydrogen) atoms. The van der Waals surface area contributed by atoms with Gasteiger partial charge in [0.15, 0.2) is 29.5 Å². The van der Waals surface area contributed by atoms with E-state index in [1.165, 1.54) is 36.4 Å². The second-order valence-corrected chi connectivity index (χ2v) is 17.0. The smallest absolute Gasteiger partial charge is 0.247 e. The van der Waals surface area contributed by atoms with E-state index in [1.807, 2.05) is 0 Å². The molecule has 1 aromatic heterocycles. The van der Waals surface area contributed by atoms with E-state index in [2.05, 4.69) is 0 Å². The molecule has 4 aromatic rings. The highest BCUT2D eigenvalue weighted by Gasteiger charge is 2.23. The molecule has 0 saturated carbocycles. The fourth-order valence-electron chi connectivity index (χ4n) is 4.48. The van der Waals surface area contributed by atoms with E-state index in [-0.39, 0.29) is 14.7 Å². The van der Waals surface area contributed by atoms with Crippen molar-refractivity contribution in [3.63, 3.8) is 0 Å². The van der Waals surface area contributed by atoms with Gasteiger partial charge in [0.1, 0.15) is 0 Å². The van der Waals surface area contributed by atoms with E-state index in [0.29, 0.717) is 13.7 Å². The van der Waals surface area contributed by atoms with E-state index < -0.39 is 83.5 Å². The SMILES string of the molecule is Cc1ccc(S(=O)(=O)CCn2c(=O)n(CCS(=O)(=O)c3ccc(C)cc3)c(=O)n(CCS(=O)(=O)c3ccc(C)cc3)c2=O)cc1. The van der Waals surface area contributed by atoms with Crippen molar-refractivity contribution in [3.8, 4) is 0 Å². The Labute approximate surface area is 261 Å². The lowest BCUT2D eigenvalue weighted by Gasteiger charge is -2.15. The zero-order valence-corrected chi connectivity index (χ0v) is 27.4. The maximum absolute atomic E-state index is 13.4. The molecular weight excluding hydrogens is 643 g/mol. The van der Waals surface area contributed by atoms with Crippen LogP contribution in [0.1, 0.15) is 16.7 Å². The van der Waals surface area contributed by atoms with E-state index in [9.17, 15) is 39.6 Å². The molecule has 0 aliphatic rings. The van der Waals surface area contributed by atoms with Crippen molar-refractivity contribution in [2.24, 2.45) is 0 Å². The maximum Gasteiger partial charge on any atom is 0.336 e. The van der Waals surface area contributed by atoms with Gasteiger partial charge in [-0.25, -0.2) is 53.3 Å². The van der Waals surface area contributed by atoms with Crippen molar-refractivity contribution in [2.45, 2.75) is 55.1 Å². The fraction of sp³-hybridized carbons (Fsp3) is 0.300. The van der Waals surface area contributed by atoms with Gasteiger partial charge in [-0.1, -0.05) is 53.1 Å². The lowest BCUT2D eigenvalue weighted by atomic mass is 10.2. The maximum atomic E-state index is 13.4. The van der Waals surface area contributed by atoms with Gasteiger partial charge in [-0.3, -0.25) is 0 Å². The average molecular weight is 676 g/mol. The van der Waals surface area contributed by atoms with Gasteiger partial charge in [0.05, 0.1) is 31.9 Å². The minimum absolute atomic E-state index is 0.0387. The monoisotopic (exact) mass is 675 g/mol. The van der Waals surface area contributed by atoms with Crippen LogP contribution in [-0.2, 0) is 49.1 Å². The number of rotatable bonds is 12. The molecule has 0 atom stereocenters. The van der Waals surface area contributed by atoms with Crippen LogP contribution in [0.4, 0.5) is 0 Å². The van der Waals surface area contributed by atoms with Crippen LogP contribution < -0.4 is 17.1 Å². The molecule has 0 spiro atoms. The Bertz CT molecular complexity index is 1930. The van der Waals surface area contributed by atoms with E-state index in [4.69, 9.17) is 0 Å². The van der Waals surface area contributed by atoms with Crippen molar-refractivity contribution in [3.05, 3.63) is 121 Å². The summed E-state index contributed by atoms with van der Waals surface area (Å²) in [6.07, 6.45) is 0. The third-order valence-electron chi connectivity index (χ3n) is 7.28. The van der Waals surface area contributed by atoms with Crippen LogP contribution in [0, 0.1) is 20.8 Å². The van der Waals surface area contributed by atoms with Crippen molar-refractivity contribution in [1.29, 1.82) is 0 Å². The van der Waals surface area contributed by atoms with Gasteiger partial charge in [0.2, 0.25) is 0 Å². The Kier molecular flexibility index (Phi) is 9.85. The minimum atomic E-state index is -3.98. The topological polar surface area (TPSA) is 168 Å². The van der Waals surface area contributed by atoms with Crippen molar-refractivity contribution >= 4 is 29.5 Å². The second kappa shape index (κ2) is 13.1. The minimum Gasteiger partial charge on any atom is -0.247 e. The summed E-state index contributed by atoms with van der Waals surface area (Å²) in [4.78, 5) is 40.1. The normalized spacial score (nSPS) is 12.3. The van der Waals surface area contributed by atoms with E-state index in [1.54, 1.807) is 57.2 Å². The zero-order valence-electron chi connectivity index (χ0n) is 24.9. The molecule has 0 amide bonds. The number of hydrogen-bond donors (Lipinski definition) is 0. The van der Waals surface area contributed by atoms with Crippen LogP contribution in [0.3, 0.4) is 0 Å². The number of nitrogens with zero attached hydrogens (tertiary/aromatic N) is 3. The standard InChI is InChI=1S/C30H33N3O9S3/c1-22-4-10-25(11-5-22)43(37,38)19-16-31-28(34)32(17-20-44(39,40)26-12-6-23(2)7-13-26)30(36)33(29(31)35)18-21-45(41,42)27-14-8-24(3)9-15-27/h4-15H,16-21H2,1-3H3. The predicted molar refractivity (Wildman–Crippen MR) is 169 cm³/mol. The van der Waals surface area contributed by atoms with E-state index >= 15 is 0 Å². The van der Waals surface area contributed by atoms with Gasteiger partial charge >= 0.3 is 17.1 Å². The molecule has 12 nitrogen and oxygen atoms in total. The number of aryl methyl sites for hydroxylation is 3. The van der Waals surface area contributed by atoms with E-state index in [0.717, 1.165) is 16.7 Å². The summed E-state index contributed by atoms with van der Waals surface area (Å²) in [5.41, 5.74) is -1.16. The first kappa shape index (κ1) is 33.8. The highest BCUT2D eigenvalue weighted by molar-refractivity contribution is 7.92. The molecule has 0 radical (unpaired) electrons. The highest BCUT2D eigenvalue weighted by Crippen LogP contribution is 2.14. The fourth-order valence-corrected chi connectivity index (χ4v) is 8.11. The molecule has 0 unspecified atom stereocenters. The summed E-state index contributed by atoms with van der Waals surface area (Å²) < 4.78 is 79.6. The summed E-state index contributed by atoms with van der Waals surface area (Å²) in [6.45, 7) is 3.34. The lowest BCUT2D eigenvalue weighted by Crippen LogP contribution is -2.55. The first-order valence-corrected chi connectivity index (χ1v) is 18.8. The summed E-state index contributed by atoms with van der Waals surface area (Å²) in [6, 6.07) is 17.9. The quantitative estimate of drug-likeness (QED) is 0.216. The highest BCUT2D eigenvalue weighted by atomic mass is 32.2. The Balaban J connectivity index is 1.73. The van der Waals surface area contributed by atoms with Crippen molar-refractivity contribution in [1.82, 2.24) is 13.7 Å². The van der Waals surface area contributed by atoms with Crippen molar-refractivity contribution < 1.29 is 25.3 Å². The van der Waals surface area contributed by atoms with Gasteiger partial charge in [-0.2, -0.15) is 0 Å². The van der Waals surface area contributed by atoms with Crippen molar-refractivity contribution in [2.75, 3.05) is 17.3 Å². The van der Waals surface area contributed by atoms with Gasteiger partial charge in [-0.05, 0) is 57.2 Å². The van der Waals surface area contributed by atoms with Gasteiger partial charge in [-0.15, -0.1) is 0 Å². The molecule has 0 aliphatic heterocycles. The van der Waals surface area contributed by atoms with Crippen LogP contribution in [0.15, 0.2) is 102 Å². The van der Waals surface area contributed by atoms with Gasteiger partial charge in [0.25, 0.3) is 0 Å². The molecule has 0 aliphatic carbocycles. The molecule has 0 bridgehead atoms. The third-order valence-corrected chi connectivity index (χ3v) is 12.4. The number of hydrogen-bond acceptors (Lipinski definition) is 9. The first-order chi connectivity index (χ1) is 21.0.